The summed E-state index contributed by atoms with van der Waals surface area (Å²) in [6, 6.07) is 0. The van der Waals surface area contributed by atoms with Crippen LogP contribution in [0.4, 0.5) is 0 Å². The average molecular weight is 300 g/mol. The Balaban J connectivity index is 4.66. The van der Waals surface area contributed by atoms with E-state index in [0.717, 1.165) is 11.3 Å². The van der Waals surface area contributed by atoms with Crippen LogP contribution in [-0.4, -0.2) is 42.3 Å². The van der Waals surface area contributed by atoms with E-state index in [9.17, 15) is 14.4 Å². The monoisotopic (exact) mass is 300 g/mol. The van der Waals surface area contributed by atoms with Crippen LogP contribution in [0.25, 0.3) is 0 Å². The summed E-state index contributed by atoms with van der Waals surface area (Å²) in [5.41, 5.74) is 15.8. The van der Waals surface area contributed by atoms with Crippen molar-refractivity contribution in [2.45, 2.75) is 40.0 Å². The zero-order valence-electron chi connectivity index (χ0n) is 13.2. The molecule has 122 valence electrons. The van der Waals surface area contributed by atoms with Crippen LogP contribution in [0.2, 0.25) is 0 Å². The van der Waals surface area contributed by atoms with Crippen LogP contribution in [0, 0.1) is 11.3 Å². The van der Waals surface area contributed by atoms with Crippen LogP contribution in [0.5, 0.6) is 0 Å². The molecule has 0 aromatic rings. The Morgan fingerprint density at radius 3 is 1.81 bits per heavy atom. The third-order valence-electron chi connectivity index (χ3n) is 3.49. The van der Waals surface area contributed by atoms with Gasteiger partial charge in [-0.25, -0.2) is 0 Å². The van der Waals surface area contributed by atoms with E-state index in [1.165, 1.54) is 0 Å². The van der Waals surface area contributed by atoms with Gasteiger partial charge in [-0.3, -0.25) is 14.4 Å². The Labute approximate surface area is 126 Å². The Kier molecular flexibility index (Phi) is 7.94. The number of primary amides is 2. The molecule has 1 atom stereocenters. The molecule has 1 unspecified atom stereocenters. The molecular formula is C14H28N4O3. The van der Waals surface area contributed by atoms with Crippen LogP contribution < -0.4 is 17.2 Å². The fourth-order valence-corrected chi connectivity index (χ4v) is 2.28. The van der Waals surface area contributed by atoms with Crippen molar-refractivity contribution >= 4 is 17.7 Å². The highest BCUT2D eigenvalue weighted by atomic mass is 16.2. The van der Waals surface area contributed by atoms with E-state index in [4.69, 9.17) is 17.2 Å². The maximum atomic E-state index is 12.1. The summed E-state index contributed by atoms with van der Waals surface area (Å²) >= 11 is 0. The predicted molar refractivity (Wildman–Crippen MR) is 80.8 cm³/mol. The van der Waals surface area contributed by atoms with E-state index in [1.807, 2.05) is 0 Å². The number of amides is 3. The second-order valence-electron chi connectivity index (χ2n) is 6.36. The number of rotatable bonds is 9. The predicted octanol–water partition coefficient (Wildman–Crippen LogP) is -0.423. The van der Waals surface area contributed by atoms with Crippen molar-refractivity contribution in [1.82, 2.24) is 4.90 Å². The van der Waals surface area contributed by atoms with Crippen LogP contribution in [0.1, 0.15) is 40.0 Å². The van der Waals surface area contributed by atoms with Crippen molar-refractivity contribution in [2.75, 3.05) is 19.6 Å². The van der Waals surface area contributed by atoms with Gasteiger partial charge in [0.05, 0.1) is 13.1 Å². The first kappa shape index (κ1) is 19.4. The first-order valence-corrected chi connectivity index (χ1v) is 7.12. The van der Waals surface area contributed by atoms with Gasteiger partial charge in [0.1, 0.15) is 0 Å². The van der Waals surface area contributed by atoms with Crippen molar-refractivity contribution < 1.29 is 14.4 Å². The van der Waals surface area contributed by atoms with Gasteiger partial charge in [-0.05, 0) is 30.7 Å². The molecule has 0 saturated carbocycles. The summed E-state index contributed by atoms with van der Waals surface area (Å²) in [6.07, 6.45) is 1.71. The van der Waals surface area contributed by atoms with Gasteiger partial charge in [0.15, 0.2) is 0 Å². The van der Waals surface area contributed by atoms with Crippen molar-refractivity contribution in [3.8, 4) is 0 Å². The van der Waals surface area contributed by atoms with Gasteiger partial charge in [-0.1, -0.05) is 20.8 Å². The lowest BCUT2D eigenvalue weighted by molar-refractivity contribution is -0.138. The van der Waals surface area contributed by atoms with E-state index in [-0.39, 0.29) is 36.8 Å². The summed E-state index contributed by atoms with van der Waals surface area (Å²) in [5.74, 6) is -1.34. The van der Waals surface area contributed by atoms with Crippen LogP contribution in [0.3, 0.4) is 0 Å². The summed E-state index contributed by atoms with van der Waals surface area (Å²) in [7, 11) is 0. The normalized spacial score (nSPS) is 12.8. The van der Waals surface area contributed by atoms with Gasteiger partial charge in [-0.15, -0.1) is 0 Å². The highest BCUT2D eigenvalue weighted by Gasteiger charge is 2.26. The molecule has 0 spiro atoms. The third kappa shape index (κ3) is 8.29. The number of nitrogens with two attached hydrogens (primary N) is 3. The van der Waals surface area contributed by atoms with E-state index in [2.05, 4.69) is 20.8 Å². The molecule has 7 heteroatoms. The second-order valence-corrected chi connectivity index (χ2v) is 6.36. The minimum atomic E-state index is -0.668. The Morgan fingerprint density at radius 1 is 1.00 bits per heavy atom. The van der Waals surface area contributed by atoms with Gasteiger partial charge < -0.3 is 22.1 Å². The van der Waals surface area contributed by atoms with Gasteiger partial charge in [-0.2, -0.15) is 0 Å². The lowest BCUT2D eigenvalue weighted by atomic mass is 9.76. The first-order chi connectivity index (χ1) is 9.57. The molecule has 0 heterocycles. The van der Waals surface area contributed by atoms with E-state index in [0.29, 0.717) is 13.0 Å². The number of carbonyl (C=O) groups excluding carboxylic acids is 3. The SMILES string of the molecule is CC(C)(C)C(CCN)CCC(=O)N(CC(N)=O)CC(N)=O. The minimum Gasteiger partial charge on any atom is -0.368 e. The van der Waals surface area contributed by atoms with Gasteiger partial charge >= 0.3 is 0 Å². The molecule has 3 amide bonds. The maximum absolute atomic E-state index is 12.1. The molecule has 0 aromatic carbocycles. The number of hydrogen-bond acceptors (Lipinski definition) is 4. The minimum absolute atomic E-state index is 0.0395. The Hall–Kier alpha value is -1.63. The van der Waals surface area contributed by atoms with Crippen LogP contribution in [-0.2, 0) is 14.4 Å². The molecule has 0 bridgehead atoms. The zero-order valence-corrected chi connectivity index (χ0v) is 13.2. The first-order valence-electron chi connectivity index (χ1n) is 7.12. The molecule has 0 aliphatic rings. The molecule has 0 aliphatic heterocycles. The highest BCUT2D eigenvalue weighted by molar-refractivity contribution is 5.88. The summed E-state index contributed by atoms with van der Waals surface area (Å²) in [4.78, 5) is 35.1. The lowest BCUT2D eigenvalue weighted by Crippen LogP contribution is -2.43. The van der Waals surface area contributed by atoms with Crippen molar-refractivity contribution in [1.29, 1.82) is 0 Å². The topological polar surface area (TPSA) is 133 Å². The largest absolute Gasteiger partial charge is 0.368 e. The zero-order chi connectivity index (χ0) is 16.6. The molecule has 0 aliphatic carbocycles. The van der Waals surface area contributed by atoms with E-state index < -0.39 is 11.8 Å². The average Bonchev–Trinajstić information content (AvgIpc) is 2.30. The second kappa shape index (κ2) is 8.61. The molecule has 6 N–H and O–H groups in total. The highest BCUT2D eigenvalue weighted by Crippen LogP contribution is 2.32. The molecule has 0 fully saturated rings. The Morgan fingerprint density at radius 2 is 1.48 bits per heavy atom. The number of carbonyl (C=O) groups is 3. The molecular weight excluding hydrogens is 272 g/mol. The Bertz CT molecular complexity index is 361. The molecule has 21 heavy (non-hydrogen) atoms. The third-order valence-corrected chi connectivity index (χ3v) is 3.49. The molecule has 0 saturated heterocycles. The van der Waals surface area contributed by atoms with E-state index in [1.54, 1.807) is 0 Å². The van der Waals surface area contributed by atoms with Gasteiger partial charge in [0, 0.05) is 6.42 Å². The van der Waals surface area contributed by atoms with Crippen molar-refractivity contribution in [2.24, 2.45) is 28.5 Å². The quantitative estimate of drug-likeness (QED) is 0.533. The summed E-state index contributed by atoms with van der Waals surface area (Å²) in [6.45, 7) is 6.27. The van der Waals surface area contributed by atoms with Crippen molar-refractivity contribution in [3.05, 3.63) is 0 Å². The standard InChI is InChI=1S/C14H28N4O3/c1-14(2,3)10(6-7-15)4-5-13(21)18(8-11(16)19)9-12(17)20/h10H,4-9,15H2,1-3H3,(H2,16,19)(H2,17,20). The fraction of sp³-hybridized carbons (Fsp3) is 0.786. The number of nitrogens with zero attached hydrogens (tertiary/aromatic N) is 1. The molecule has 0 rings (SSSR count). The maximum Gasteiger partial charge on any atom is 0.237 e. The fourth-order valence-electron chi connectivity index (χ4n) is 2.28. The van der Waals surface area contributed by atoms with Crippen molar-refractivity contribution in [3.63, 3.8) is 0 Å². The molecule has 7 nitrogen and oxygen atoms in total. The lowest BCUT2D eigenvalue weighted by Gasteiger charge is -2.31. The van der Waals surface area contributed by atoms with Gasteiger partial charge in [0.2, 0.25) is 17.7 Å². The molecule has 0 radical (unpaired) electrons. The molecule has 0 aromatic heterocycles. The smallest absolute Gasteiger partial charge is 0.237 e. The summed E-state index contributed by atoms with van der Waals surface area (Å²) < 4.78 is 0. The summed E-state index contributed by atoms with van der Waals surface area (Å²) in [5, 5.41) is 0. The number of hydrogen-bond donors (Lipinski definition) is 3. The van der Waals surface area contributed by atoms with E-state index >= 15 is 0 Å². The van der Waals surface area contributed by atoms with Gasteiger partial charge in [0.25, 0.3) is 0 Å². The van der Waals surface area contributed by atoms with Crippen LogP contribution >= 0.6 is 0 Å². The van der Waals surface area contributed by atoms with Crippen LogP contribution in [0.15, 0.2) is 0 Å².